The quantitative estimate of drug-likeness (QED) is 0.874. The van der Waals surface area contributed by atoms with Crippen molar-refractivity contribution in [2.75, 3.05) is 17.2 Å². The summed E-state index contributed by atoms with van der Waals surface area (Å²) < 4.78 is 38.0. The summed E-state index contributed by atoms with van der Waals surface area (Å²) in [6.07, 6.45) is -1.02. The van der Waals surface area contributed by atoms with E-state index in [1.807, 2.05) is 24.0 Å². The molecular weight excluding hydrogens is 279 g/mol. The molecule has 0 aliphatic rings. The molecule has 21 heavy (non-hydrogen) atoms. The molecule has 2 N–H and O–H groups in total. The van der Waals surface area contributed by atoms with E-state index in [0.29, 0.717) is 18.8 Å². The van der Waals surface area contributed by atoms with Crippen LogP contribution in [-0.4, -0.2) is 11.5 Å². The molecule has 112 valence electrons. The Kier molecular flexibility index (Phi) is 4.35. The van der Waals surface area contributed by atoms with Crippen molar-refractivity contribution in [3.8, 4) is 0 Å². The first-order valence-corrected chi connectivity index (χ1v) is 6.52. The van der Waals surface area contributed by atoms with Gasteiger partial charge in [-0.15, -0.1) is 0 Å². The fourth-order valence-electron chi connectivity index (χ4n) is 2.09. The van der Waals surface area contributed by atoms with E-state index in [1.165, 1.54) is 6.07 Å². The molecule has 0 saturated heterocycles. The van der Waals surface area contributed by atoms with Crippen LogP contribution >= 0.6 is 0 Å². The number of nitrogens with zero attached hydrogens (tertiary/aromatic N) is 2. The smallest absolute Gasteiger partial charge is 0.397 e. The summed E-state index contributed by atoms with van der Waals surface area (Å²) in [4.78, 5) is 5.86. The van der Waals surface area contributed by atoms with Crippen molar-refractivity contribution in [1.82, 2.24) is 4.98 Å². The molecule has 0 unspecified atom stereocenters. The first-order chi connectivity index (χ1) is 9.91. The van der Waals surface area contributed by atoms with Crippen LogP contribution in [0.1, 0.15) is 18.1 Å². The molecule has 1 aromatic carbocycles. The molecule has 0 saturated carbocycles. The Hall–Kier alpha value is -2.24. The summed E-state index contributed by atoms with van der Waals surface area (Å²) in [7, 11) is 0. The van der Waals surface area contributed by atoms with Crippen molar-refractivity contribution in [2.24, 2.45) is 0 Å². The average Bonchev–Trinajstić information content (AvgIpc) is 2.45. The molecule has 2 rings (SSSR count). The maximum Gasteiger partial charge on any atom is 0.416 e. The minimum absolute atomic E-state index is 0.126. The third-order valence-corrected chi connectivity index (χ3v) is 3.20. The number of hydrogen-bond acceptors (Lipinski definition) is 3. The summed E-state index contributed by atoms with van der Waals surface area (Å²) in [6, 6.07) is 7.18. The lowest BCUT2D eigenvalue weighted by atomic mass is 10.1. The van der Waals surface area contributed by atoms with Crippen LogP contribution < -0.4 is 10.6 Å². The molecule has 2 aromatic rings. The van der Waals surface area contributed by atoms with Crippen LogP contribution in [-0.2, 0) is 12.7 Å². The molecule has 0 aliphatic carbocycles. The number of nitrogen functional groups attached to an aromatic ring is 1. The fraction of sp³-hybridized carbons (Fsp3) is 0.267. The highest BCUT2D eigenvalue weighted by Gasteiger charge is 2.31. The van der Waals surface area contributed by atoms with Crippen LogP contribution in [0.25, 0.3) is 0 Å². The Bertz CT molecular complexity index is 597. The summed E-state index contributed by atoms with van der Waals surface area (Å²) in [5, 5.41) is 0. The fourth-order valence-corrected chi connectivity index (χ4v) is 2.09. The highest BCUT2D eigenvalue weighted by Crippen LogP contribution is 2.34. The topological polar surface area (TPSA) is 42.2 Å². The van der Waals surface area contributed by atoms with Gasteiger partial charge < -0.3 is 10.6 Å². The Morgan fingerprint density at radius 1 is 1.14 bits per heavy atom. The Labute approximate surface area is 121 Å². The number of rotatable bonds is 4. The normalized spacial score (nSPS) is 11.4. The number of alkyl halides is 3. The number of nitrogens with two attached hydrogens (primary N) is 1. The molecule has 0 spiro atoms. The predicted octanol–water partition coefficient (Wildman–Crippen LogP) is 3.71. The van der Waals surface area contributed by atoms with Crippen molar-refractivity contribution in [2.45, 2.75) is 19.6 Å². The Morgan fingerprint density at radius 3 is 2.33 bits per heavy atom. The van der Waals surface area contributed by atoms with E-state index in [0.717, 1.165) is 17.7 Å². The summed E-state index contributed by atoms with van der Waals surface area (Å²) in [5.41, 5.74) is 6.81. The molecule has 0 radical (unpaired) electrons. The zero-order valence-corrected chi connectivity index (χ0v) is 11.6. The van der Waals surface area contributed by atoms with Crippen LogP contribution in [0.5, 0.6) is 0 Å². The summed E-state index contributed by atoms with van der Waals surface area (Å²) >= 11 is 0. The standard InChI is InChI=1S/C15H16F3N3/c1-2-21(10-11-5-7-20-8-6-11)14-4-3-12(9-13(14)19)15(16,17)18/h3-9H,2,10,19H2,1H3. The molecule has 0 atom stereocenters. The number of pyridine rings is 1. The van der Waals surface area contributed by atoms with E-state index in [4.69, 9.17) is 5.73 Å². The van der Waals surface area contributed by atoms with Crippen molar-refractivity contribution < 1.29 is 13.2 Å². The SMILES string of the molecule is CCN(Cc1ccncc1)c1ccc(C(F)(F)F)cc1N. The van der Waals surface area contributed by atoms with Crippen LogP contribution in [0.15, 0.2) is 42.7 Å². The molecule has 1 aromatic heterocycles. The second-order valence-corrected chi connectivity index (χ2v) is 4.64. The number of anilines is 2. The minimum atomic E-state index is -4.38. The van der Waals surface area contributed by atoms with Gasteiger partial charge in [-0.05, 0) is 42.8 Å². The van der Waals surface area contributed by atoms with Gasteiger partial charge in [-0.3, -0.25) is 4.98 Å². The highest BCUT2D eigenvalue weighted by molar-refractivity contribution is 5.68. The second-order valence-electron chi connectivity index (χ2n) is 4.64. The van der Waals surface area contributed by atoms with Crippen molar-refractivity contribution in [3.05, 3.63) is 53.9 Å². The molecule has 1 heterocycles. The Balaban J connectivity index is 2.26. The van der Waals surface area contributed by atoms with Gasteiger partial charge in [-0.1, -0.05) is 0 Å². The molecule has 3 nitrogen and oxygen atoms in total. The lowest BCUT2D eigenvalue weighted by molar-refractivity contribution is -0.137. The number of hydrogen-bond donors (Lipinski definition) is 1. The maximum atomic E-state index is 12.7. The van der Waals surface area contributed by atoms with E-state index >= 15 is 0 Å². The van der Waals surface area contributed by atoms with Gasteiger partial charge in [0.05, 0.1) is 16.9 Å². The predicted molar refractivity (Wildman–Crippen MR) is 76.8 cm³/mol. The number of benzene rings is 1. The van der Waals surface area contributed by atoms with Gasteiger partial charge in [0.15, 0.2) is 0 Å². The largest absolute Gasteiger partial charge is 0.416 e. The van der Waals surface area contributed by atoms with Crippen molar-refractivity contribution in [1.29, 1.82) is 0 Å². The third kappa shape index (κ3) is 3.65. The molecule has 0 aliphatic heterocycles. The van der Waals surface area contributed by atoms with Crippen molar-refractivity contribution in [3.63, 3.8) is 0 Å². The molecule has 0 fully saturated rings. The first kappa shape index (κ1) is 15.2. The van der Waals surface area contributed by atoms with Gasteiger partial charge in [0, 0.05) is 25.5 Å². The van der Waals surface area contributed by atoms with Crippen LogP contribution in [0.4, 0.5) is 24.5 Å². The monoisotopic (exact) mass is 295 g/mol. The molecular formula is C15H16F3N3. The van der Waals surface area contributed by atoms with Gasteiger partial charge in [-0.25, -0.2) is 0 Å². The average molecular weight is 295 g/mol. The first-order valence-electron chi connectivity index (χ1n) is 6.52. The Morgan fingerprint density at radius 2 is 1.81 bits per heavy atom. The van der Waals surface area contributed by atoms with Crippen LogP contribution in [0, 0.1) is 0 Å². The van der Waals surface area contributed by atoms with Gasteiger partial charge in [0.1, 0.15) is 0 Å². The molecule has 6 heteroatoms. The van der Waals surface area contributed by atoms with Crippen LogP contribution in [0.3, 0.4) is 0 Å². The minimum Gasteiger partial charge on any atom is -0.397 e. The number of halogens is 3. The van der Waals surface area contributed by atoms with Crippen molar-refractivity contribution >= 4 is 11.4 Å². The second kappa shape index (κ2) is 6.03. The lowest BCUT2D eigenvalue weighted by Crippen LogP contribution is -2.23. The zero-order valence-electron chi connectivity index (χ0n) is 11.6. The summed E-state index contributed by atoms with van der Waals surface area (Å²) in [5.74, 6) is 0. The maximum absolute atomic E-state index is 12.7. The number of aromatic nitrogens is 1. The van der Waals surface area contributed by atoms with E-state index in [9.17, 15) is 13.2 Å². The third-order valence-electron chi connectivity index (χ3n) is 3.20. The highest BCUT2D eigenvalue weighted by atomic mass is 19.4. The molecule has 0 amide bonds. The summed E-state index contributed by atoms with van der Waals surface area (Å²) in [6.45, 7) is 3.13. The molecule has 0 bridgehead atoms. The lowest BCUT2D eigenvalue weighted by Gasteiger charge is -2.25. The van der Waals surface area contributed by atoms with Gasteiger partial charge in [0.25, 0.3) is 0 Å². The van der Waals surface area contributed by atoms with Crippen LogP contribution in [0.2, 0.25) is 0 Å². The van der Waals surface area contributed by atoms with E-state index in [-0.39, 0.29) is 5.69 Å². The zero-order chi connectivity index (χ0) is 15.5. The van der Waals surface area contributed by atoms with Gasteiger partial charge >= 0.3 is 6.18 Å². The van der Waals surface area contributed by atoms with E-state index in [2.05, 4.69) is 4.98 Å². The van der Waals surface area contributed by atoms with E-state index in [1.54, 1.807) is 12.4 Å². The van der Waals surface area contributed by atoms with E-state index < -0.39 is 11.7 Å². The van der Waals surface area contributed by atoms with Gasteiger partial charge in [0.2, 0.25) is 0 Å². The van der Waals surface area contributed by atoms with Gasteiger partial charge in [-0.2, -0.15) is 13.2 Å².